The molecule has 1 N–H and O–H groups in total. The van der Waals surface area contributed by atoms with Crippen molar-refractivity contribution >= 4 is 33.2 Å². The van der Waals surface area contributed by atoms with Crippen LogP contribution in [0.15, 0.2) is 48.5 Å². The van der Waals surface area contributed by atoms with Gasteiger partial charge >= 0.3 is 0 Å². The molecule has 0 aliphatic heterocycles. The lowest BCUT2D eigenvalue weighted by Crippen LogP contribution is -1.81. The van der Waals surface area contributed by atoms with Gasteiger partial charge in [0.1, 0.15) is 16.8 Å². The van der Waals surface area contributed by atoms with Crippen LogP contribution in [0.2, 0.25) is 0 Å². The fourth-order valence-corrected chi connectivity index (χ4v) is 2.83. The molecule has 3 aromatic rings. The number of para-hydroxylation sites is 2. The van der Waals surface area contributed by atoms with E-state index in [1.165, 1.54) is 11.3 Å². The molecule has 0 aliphatic carbocycles. The number of nitriles is 1. The fourth-order valence-electron chi connectivity index (χ4n) is 1.89. The second-order valence-corrected chi connectivity index (χ2v) is 5.25. The Labute approximate surface area is 120 Å². The van der Waals surface area contributed by atoms with Crippen molar-refractivity contribution in [1.82, 2.24) is 4.98 Å². The topological polar surface area (TPSA) is 56.9 Å². The van der Waals surface area contributed by atoms with Gasteiger partial charge in [-0.25, -0.2) is 4.98 Å². The van der Waals surface area contributed by atoms with Gasteiger partial charge in [-0.05, 0) is 24.3 Å². The van der Waals surface area contributed by atoms with Gasteiger partial charge in [-0.3, -0.25) is 0 Å². The molecule has 1 aromatic heterocycles. The van der Waals surface area contributed by atoms with Crippen molar-refractivity contribution in [2.24, 2.45) is 0 Å². The molecule has 0 unspecified atom stereocenters. The first-order valence-corrected chi connectivity index (χ1v) is 6.85. The summed E-state index contributed by atoms with van der Waals surface area (Å²) in [6.45, 7) is 0. The van der Waals surface area contributed by atoms with Crippen LogP contribution in [0.5, 0.6) is 5.75 Å². The van der Waals surface area contributed by atoms with Gasteiger partial charge in [0.05, 0.1) is 15.8 Å². The molecule has 1 heterocycles. The third kappa shape index (κ3) is 2.27. The molecule has 0 amide bonds. The summed E-state index contributed by atoms with van der Waals surface area (Å²) in [6, 6.07) is 16.8. The molecule has 0 atom stereocenters. The minimum absolute atomic E-state index is 0.154. The molecule has 96 valence electrons. The highest BCUT2D eigenvalue weighted by atomic mass is 32.1. The predicted molar refractivity (Wildman–Crippen MR) is 81.2 cm³/mol. The van der Waals surface area contributed by atoms with E-state index in [0.29, 0.717) is 16.1 Å². The first-order valence-electron chi connectivity index (χ1n) is 6.03. The van der Waals surface area contributed by atoms with Crippen molar-refractivity contribution in [2.75, 3.05) is 0 Å². The average Bonchev–Trinajstić information content (AvgIpc) is 2.90. The van der Waals surface area contributed by atoms with Gasteiger partial charge in [-0.1, -0.05) is 30.3 Å². The van der Waals surface area contributed by atoms with Crippen molar-refractivity contribution < 1.29 is 5.11 Å². The number of benzene rings is 2. The maximum Gasteiger partial charge on any atom is 0.135 e. The van der Waals surface area contributed by atoms with Gasteiger partial charge in [0.15, 0.2) is 0 Å². The molecule has 20 heavy (non-hydrogen) atoms. The zero-order valence-electron chi connectivity index (χ0n) is 10.4. The summed E-state index contributed by atoms with van der Waals surface area (Å²) < 4.78 is 1.04. The number of hydrogen-bond donors (Lipinski definition) is 1. The number of nitrogens with zero attached hydrogens (tertiary/aromatic N) is 2. The molecule has 0 saturated carbocycles. The van der Waals surface area contributed by atoms with E-state index in [1.807, 2.05) is 30.3 Å². The molecule has 2 aromatic carbocycles. The van der Waals surface area contributed by atoms with Crippen LogP contribution >= 0.6 is 11.3 Å². The van der Waals surface area contributed by atoms with E-state index in [9.17, 15) is 10.4 Å². The van der Waals surface area contributed by atoms with Gasteiger partial charge in [-0.2, -0.15) is 5.26 Å². The molecule has 0 spiro atoms. The number of hydrogen-bond acceptors (Lipinski definition) is 4. The van der Waals surface area contributed by atoms with E-state index >= 15 is 0 Å². The number of phenols is 1. The normalized spacial score (nSPS) is 11.4. The number of allylic oxidation sites excluding steroid dienone is 1. The van der Waals surface area contributed by atoms with Gasteiger partial charge < -0.3 is 5.11 Å². The Morgan fingerprint density at radius 2 is 1.90 bits per heavy atom. The Hall–Kier alpha value is -2.64. The maximum atomic E-state index is 9.77. The number of aromatic nitrogens is 1. The third-order valence-electron chi connectivity index (χ3n) is 2.88. The Morgan fingerprint density at radius 3 is 2.65 bits per heavy atom. The molecular weight excluding hydrogens is 268 g/mol. The quantitative estimate of drug-likeness (QED) is 0.719. The summed E-state index contributed by atoms with van der Waals surface area (Å²) in [5.41, 5.74) is 1.95. The smallest absolute Gasteiger partial charge is 0.135 e. The summed E-state index contributed by atoms with van der Waals surface area (Å²) in [5.74, 6) is 0.154. The Kier molecular flexibility index (Phi) is 3.20. The summed E-state index contributed by atoms with van der Waals surface area (Å²) in [7, 11) is 0. The minimum Gasteiger partial charge on any atom is -0.507 e. The number of phenolic OH excluding ortho intramolecular Hbond substituents is 1. The van der Waals surface area contributed by atoms with Gasteiger partial charge in [-0.15, -0.1) is 11.3 Å². The van der Waals surface area contributed by atoms with Crippen LogP contribution in [0, 0.1) is 11.3 Å². The van der Waals surface area contributed by atoms with Crippen LogP contribution in [0.1, 0.15) is 10.6 Å². The lowest BCUT2D eigenvalue weighted by atomic mass is 10.1. The predicted octanol–water partition coefficient (Wildman–Crippen LogP) is 4.07. The van der Waals surface area contributed by atoms with E-state index in [4.69, 9.17) is 0 Å². The average molecular weight is 278 g/mol. The van der Waals surface area contributed by atoms with E-state index in [2.05, 4.69) is 11.1 Å². The molecule has 3 nitrogen and oxygen atoms in total. The van der Waals surface area contributed by atoms with Crippen LogP contribution in [-0.2, 0) is 0 Å². The molecule has 3 rings (SSSR count). The molecule has 0 saturated heterocycles. The second-order valence-electron chi connectivity index (χ2n) is 4.22. The minimum atomic E-state index is 0.154. The Bertz CT molecular complexity index is 810. The van der Waals surface area contributed by atoms with Gasteiger partial charge in [0.2, 0.25) is 0 Å². The fraction of sp³-hybridized carbons (Fsp3) is 0. The molecular formula is C16H10N2OS. The van der Waals surface area contributed by atoms with Crippen LogP contribution in [0.3, 0.4) is 0 Å². The monoisotopic (exact) mass is 278 g/mol. The second kappa shape index (κ2) is 5.16. The molecule has 4 heteroatoms. The van der Waals surface area contributed by atoms with Crippen molar-refractivity contribution in [3.8, 4) is 11.8 Å². The molecule has 0 bridgehead atoms. The highest BCUT2D eigenvalue weighted by Crippen LogP contribution is 2.29. The van der Waals surface area contributed by atoms with E-state index in [1.54, 1.807) is 24.3 Å². The Morgan fingerprint density at radius 1 is 1.15 bits per heavy atom. The van der Waals surface area contributed by atoms with E-state index in [0.717, 1.165) is 10.2 Å². The number of fused-ring (bicyclic) bond motifs is 1. The SMILES string of the molecule is N#C/C(=C\c1ccccc1O)c1nc2ccccc2s1. The van der Waals surface area contributed by atoms with Gasteiger partial charge in [0, 0.05) is 5.56 Å². The lowest BCUT2D eigenvalue weighted by molar-refractivity contribution is 0.474. The standard InChI is InChI=1S/C16H10N2OS/c17-10-12(9-11-5-1-3-7-14(11)19)16-18-13-6-2-4-8-15(13)20-16/h1-9,19H/b12-9+. The highest BCUT2D eigenvalue weighted by molar-refractivity contribution is 7.19. The van der Waals surface area contributed by atoms with E-state index in [-0.39, 0.29) is 5.75 Å². The van der Waals surface area contributed by atoms with Crippen LogP contribution < -0.4 is 0 Å². The highest BCUT2D eigenvalue weighted by Gasteiger charge is 2.09. The van der Waals surface area contributed by atoms with Crippen molar-refractivity contribution in [2.45, 2.75) is 0 Å². The van der Waals surface area contributed by atoms with Crippen LogP contribution in [-0.4, -0.2) is 10.1 Å². The third-order valence-corrected chi connectivity index (χ3v) is 3.95. The number of rotatable bonds is 2. The van der Waals surface area contributed by atoms with E-state index < -0.39 is 0 Å². The first kappa shape index (κ1) is 12.4. The number of aromatic hydroxyl groups is 1. The largest absolute Gasteiger partial charge is 0.507 e. The Balaban J connectivity index is 2.10. The summed E-state index contributed by atoms with van der Waals surface area (Å²) >= 11 is 1.47. The number of thiazole rings is 1. The maximum absolute atomic E-state index is 9.77. The lowest BCUT2D eigenvalue weighted by Gasteiger charge is -1.98. The van der Waals surface area contributed by atoms with Crippen LogP contribution in [0.4, 0.5) is 0 Å². The summed E-state index contributed by atoms with van der Waals surface area (Å²) in [6.07, 6.45) is 1.66. The summed E-state index contributed by atoms with van der Waals surface area (Å²) in [5, 5.41) is 19.8. The van der Waals surface area contributed by atoms with Gasteiger partial charge in [0.25, 0.3) is 0 Å². The zero-order valence-corrected chi connectivity index (χ0v) is 11.3. The van der Waals surface area contributed by atoms with Crippen LogP contribution in [0.25, 0.3) is 21.9 Å². The van der Waals surface area contributed by atoms with Crippen molar-refractivity contribution in [1.29, 1.82) is 5.26 Å². The summed E-state index contributed by atoms with van der Waals surface area (Å²) in [4.78, 5) is 4.46. The van der Waals surface area contributed by atoms with Crippen molar-refractivity contribution in [3.63, 3.8) is 0 Å². The molecule has 0 radical (unpaired) electrons. The van der Waals surface area contributed by atoms with Crippen molar-refractivity contribution in [3.05, 3.63) is 59.1 Å². The molecule has 0 fully saturated rings. The molecule has 0 aliphatic rings. The first-order chi connectivity index (χ1) is 9.78. The zero-order chi connectivity index (χ0) is 13.9.